The van der Waals surface area contributed by atoms with Crippen LogP contribution in [0.4, 0.5) is 0 Å². The van der Waals surface area contributed by atoms with Gasteiger partial charge in [0.05, 0.1) is 0 Å². The molecule has 0 aromatic rings. The van der Waals surface area contributed by atoms with Gasteiger partial charge in [0.25, 0.3) is 0 Å². The van der Waals surface area contributed by atoms with Gasteiger partial charge in [0, 0.05) is 34.1 Å². The summed E-state index contributed by atoms with van der Waals surface area (Å²) in [5, 5.41) is 0. The Kier molecular flexibility index (Phi) is 98.5. The fourth-order valence-corrected chi connectivity index (χ4v) is 0. The Morgan fingerprint density at radius 2 is 1.25 bits per heavy atom. The molecule has 0 aromatic heterocycles. The predicted molar refractivity (Wildman–Crippen MR) is 6.44 cm³/mol. The van der Waals surface area contributed by atoms with Crippen molar-refractivity contribution >= 4 is 23.0 Å². The third-order valence-electron chi connectivity index (χ3n) is 0. The zero-order valence-electron chi connectivity index (χ0n) is 1.60. The molecular formula is CoCrOSb. The summed E-state index contributed by atoms with van der Waals surface area (Å²) in [6.45, 7) is 0. The van der Waals surface area contributed by atoms with Crippen molar-refractivity contribution in [3.8, 4) is 0 Å². The van der Waals surface area contributed by atoms with Crippen LogP contribution < -0.4 is 0 Å². The summed E-state index contributed by atoms with van der Waals surface area (Å²) in [5.74, 6) is 0. The molecule has 1 nitrogen and oxygen atoms in total. The molecule has 0 aliphatic rings. The topological polar surface area (TPSA) is 17.1 Å². The van der Waals surface area contributed by atoms with Crippen molar-refractivity contribution in [2.45, 2.75) is 0 Å². The van der Waals surface area contributed by atoms with Gasteiger partial charge in [-0.05, 0) is 0 Å². The van der Waals surface area contributed by atoms with Crippen molar-refractivity contribution in [2.24, 2.45) is 0 Å². The van der Waals surface area contributed by atoms with E-state index in [4.69, 9.17) is 3.02 Å². The van der Waals surface area contributed by atoms with Crippen molar-refractivity contribution in [3.05, 3.63) is 0 Å². The van der Waals surface area contributed by atoms with E-state index < -0.39 is 0 Å². The van der Waals surface area contributed by atoms with Crippen molar-refractivity contribution in [1.82, 2.24) is 0 Å². The minimum atomic E-state index is 0. The molecule has 0 heterocycles. The molecule has 0 spiro atoms. The number of hydrogen-bond acceptors (Lipinski definition) is 1. The van der Waals surface area contributed by atoms with Crippen LogP contribution in [0, 0.1) is 0 Å². The van der Waals surface area contributed by atoms with Gasteiger partial charge in [0.1, 0.15) is 0 Å². The number of hydrogen-bond donors (Lipinski definition) is 0. The Hall–Kier alpha value is 1.66. The summed E-state index contributed by atoms with van der Waals surface area (Å²) >= 11 is 0.500. The second-order valence-electron chi connectivity index (χ2n) is 0. The Labute approximate surface area is 59.7 Å². The Bertz CT molecular complexity index is 8.00. The fourth-order valence-electron chi connectivity index (χ4n) is 0. The SMILES string of the molecule is [Co].[Cr].[O]=[Sb]. The second-order valence-corrected chi connectivity index (χ2v) is 0. The zero-order chi connectivity index (χ0) is 2.00. The van der Waals surface area contributed by atoms with E-state index in [9.17, 15) is 0 Å². The van der Waals surface area contributed by atoms with E-state index in [2.05, 4.69) is 0 Å². The molecule has 0 saturated carbocycles. The zero-order valence-corrected chi connectivity index (χ0v) is 6.47. The molecule has 26 valence electrons. The average molecular weight is 249 g/mol. The summed E-state index contributed by atoms with van der Waals surface area (Å²) in [6.07, 6.45) is 0. The maximum absolute atomic E-state index is 8.30. The summed E-state index contributed by atoms with van der Waals surface area (Å²) < 4.78 is 8.30. The summed E-state index contributed by atoms with van der Waals surface area (Å²) in [5.41, 5.74) is 0. The molecule has 4 heavy (non-hydrogen) atoms. The van der Waals surface area contributed by atoms with Crippen LogP contribution in [0.3, 0.4) is 0 Å². The van der Waals surface area contributed by atoms with Crippen LogP contribution in [0.5, 0.6) is 0 Å². The quantitative estimate of drug-likeness (QED) is 0.528. The average Bonchev–Trinajstić information content (AvgIpc) is 1.00. The third kappa shape index (κ3) is 9.40. The summed E-state index contributed by atoms with van der Waals surface area (Å²) in [6, 6.07) is 0. The monoisotopic (exact) mass is 248 g/mol. The first-order valence-electron chi connectivity index (χ1n) is 0.183. The molecule has 0 saturated heterocycles. The van der Waals surface area contributed by atoms with E-state index in [0.29, 0.717) is 23.0 Å². The van der Waals surface area contributed by atoms with Crippen molar-refractivity contribution < 1.29 is 37.2 Å². The molecule has 0 aliphatic heterocycles. The van der Waals surface area contributed by atoms with Gasteiger partial charge in [-0.3, -0.25) is 0 Å². The van der Waals surface area contributed by atoms with Crippen LogP contribution >= 0.6 is 0 Å². The maximum atomic E-state index is 8.30. The van der Waals surface area contributed by atoms with E-state index in [1.807, 2.05) is 0 Å². The molecule has 0 unspecified atom stereocenters. The van der Waals surface area contributed by atoms with Crippen molar-refractivity contribution in [3.63, 3.8) is 0 Å². The van der Waals surface area contributed by atoms with Gasteiger partial charge >= 0.3 is 26.0 Å². The molecule has 0 atom stereocenters. The number of rotatable bonds is 0. The molecule has 0 aliphatic carbocycles. The minimum absolute atomic E-state index is 0. The van der Waals surface area contributed by atoms with Gasteiger partial charge in [0.15, 0.2) is 0 Å². The molecule has 0 amide bonds. The summed E-state index contributed by atoms with van der Waals surface area (Å²) in [7, 11) is 0. The molecule has 0 aromatic carbocycles. The summed E-state index contributed by atoms with van der Waals surface area (Å²) in [4.78, 5) is 0. The first kappa shape index (κ1) is 17.4. The van der Waals surface area contributed by atoms with E-state index >= 15 is 0 Å². The van der Waals surface area contributed by atoms with Crippen molar-refractivity contribution in [1.29, 1.82) is 0 Å². The van der Waals surface area contributed by atoms with E-state index in [1.54, 1.807) is 0 Å². The fraction of sp³-hybridized carbons (Fsp3) is 0. The first-order valence-corrected chi connectivity index (χ1v) is 1.22. The third-order valence-corrected chi connectivity index (χ3v) is 0. The van der Waals surface area contributed by atoms with Crippen molar-refractivity contribution in [2.75, 3.05) is 0 Å². The van der Waals surface area contributed by atoms with Gasteiger partial charge in [-0.1, -0.05) is 0 Å². The van der Waals surface area contributed by atoms with Crippen LogP contribution in [-0.4, -0.2) is 23.0 Å². The Morgan fingerprint density at radius 3 is 1.25 bits per heavy atom. The predicted octanol–water partition coefficient (Wildman–Crippen LogP) is -0.505. The molecule has 0 fully saturated rings. The molecule has 4 heteroatoms. The van der Waals surface area contributed by atoms with Gasteiger partial charge < -0.3 is 0 Å². The van der Waals surface area contributed by atoms with Gasteiger partial charge in [0.2, 0.25) is 0 Å². The van der Waals surface area contributed by atoms with Crippen LogP contribution in [0.2, 0.25) is 0 Å². The van der Waals surface area contributed by atoms with Gasteiger partial charge in [-0.2, -0.15) is 0 Å². The Balaban J connectivity index is -0.00000000500. The van der Waals surface area contributed by atoms with Gasteiger partial charge in [-0.15, -0.1) is 0 Å². The van der Waals surface area contributed by atoms with E-state index in [0.717, 1.165) is 0 Å². The first-order chi connectivity index (χ1) is 1.00. The second kappa shape index (κ2) is 22.7. The molecule has 0 N–H and O–H groups in total. The van der Waals surface area contributed by atoms with Gasteiger partial charge in [-0.25, -0.2) is 0 Å². The molecule has 0 bridgehead atoms. The van der Waals surface area contributed by atoms with E-state index in [-0.39, 0.29) is 34.1 Å². The molecule has 2 radical (unpaired) electrons. The Morgan fingerprint density at radius 1 is 1.25 bits per heavy atom. The van der Waals surface area contributed by atoms with Crippen LogP contribution in [0.25, 0.3) is 0 Å². The molecule has 0 rings (SSSR count). The van der Waals surface area contributed by atoms with Crippen LogP contribution in [0.15, 0.2) is 0 Å². The van der Waals surface area contributed by atoms with E-state index in [1.165, 1.54) is 0 Å². The van der Waals surface area contributed by atoms with Crippen LogP contribution in [0.1, 0.15) is 0 Å². The normalized spacial score (nSPS) is 1.00. The molecular weight excluding hydrogens is 249 g/mol. The standard InChI is InChI=1S/Co.Cr.O.Sb. The van der Waals surface area contributed by atoms with Crippen LogP contribution in [-0.2, 0) is 37.2 Å².